The Morgan fingerprint density at radius 1 is 1.17 bits per heavy atom. The molecular formula is C18H24ClNO3. The molecule has 1 aliphatic rings. The lowest BCUT2D eigenvalue weighted by atomic mass is 9.83. The number of halogens is 1. The Kier molecular flexibility index (Phi) is 6.19. The van der Waals surface area contributed by atoms with Gasteiger partial charge in [0, 0.05) is 22.9 Å². The fraction of sp³-hybridized carbons (Fsp3) is 0.556. The van der Waals surface area contributed by atoms with Crippen molar-refractivity contribution in [2.75, 3.05) is 13.1 Å². The van der Waals surface area contributed by atoms with Crippen LogP contribution < -0.4 is 5.32 Å². The quantitative estimate of drug-likeness (QED) is 0.636. The minimum absolute atomic E-state index is 0.0710. The number of Topliss-reactive ketones (excluding diaryl/α,β-unsaturated/α-hetero) is 1. The lowest BCUT2D eigenvalue weighted by Crippen LogP contribution is -2.42. The number of carbonyl (C=O) groups is 2. The minimum Gasteiger partial charge on any atom is -0.459 e. The highest BCUT2D eigenvalue weighted by atomic mass is 35.5. The molecule has 1 aromatic carbocycles. The first-order valence-corrected chi connectivity index (χ1v) is 8.47. The van der Waals surface area contributed by atoms with Gasteiger partial charge in [-0.2, -0.15) is 0 Å². The van der Waals surface area contributed by atoms with E-state index >= 15 is 0 Å². The molecule has 0 amide bonds. The van der Waals surface area contributed by atoms with Gasteiger partial charge >= 0.3 is 5.97 Å². The van der Waals surface area contributed by atoms with Gasteiger partial charge in [0.15, 0.2) is 5.78 Å². The third-order valence-corrected chi connectivity index (χ3v) is 4.67. The highest BCUT2D eigenvalue weighted by molar-refractivity contribution is 6.30. The molecule has 1 saturated heterocycles. The summed E-state index contributed by atoms with van der Waals surface area (Å²) < 4.78 is 5.64. The minimum atomic E-state index is -0.484. The first kappa shape index (κ1) is 18.0. The summed E-state index contributed by atoms with van der Waals surface area (Å²) in [4.78, 5) is 24.1. The predicted octanol–water partition coefficient (Wildman–Crippen LogP) is 3.62. The second-order valence-electron chi connectivity index (χ2n) is 6.53. The number of nitrogens with one attached hydrogen (secondary N) is 1. The molecule has 4 nitrogen and oxygen atoms in total. The third-order valence-electron chi connectivity index (χ3n) is 4.42. The summed E-state index contributed by atoms with van der Waals surface area (Å²) >= 11 is 5.80. The molecule has 1 heterocycles. The highest BCUT2D eigenvalue weighted by Gasteiger charge is 2.34. The molecule has 1 fully saturated rings. The lowest BCUT2D eigenvalue weighted by Gasteiger charge is -2.36. The van der Waals surface area contributed by atoms with Crippen LogP contribution in [0.4, 0.5) is 0 Å². The number of hydrogen-bond acceptors (Lipinski definition) is 4. The average molecular weight is 338 g/mol. The van der Waals surface area contributed by atoms with Crippen LogP contribution in [-0.2, 0) is 9.53 Å². The molecule has 0 aliphatic carbocycles. The number of esters is 1. The van der Waals surface area contributed by atoms with E-state index < -0.39 is 5.60 Å². The Labute approximate surface area is 142 Å². The van der Waals surface area contributed by atoms with Crippen LogP contribution in [0, 0.1) is 5.92 Å². The van der Waals surface area contributed by atoms with Gasteiger partial charge in [-0.25, -0.2) is 0 Å². The van der Waals surface area contributed by atoms with Crippen molar-refractivity contribution in [2.24, 2.45) is 5.92 Å². The Hall–Kier alpha value is -1.39. The molecule has 0 atom stereocenters. The van der Waals surface area contributed by atoms with Gasteiger partial charge in [0.1, 0.15) is 5.60 Å². The second-order valence-corrected chi connectivity index (χ2v) is 6.97. The molecule has 2 rings (SSSR count). The molecule has 0 saturated carbocycles. The zero-order valence-electron chi connectivity index (χ0n) is 13.7. The molecule has 0 spiro atoms. The topological polar surface area (TPSA) is 55.4 Å². The van der Waals surface area contributed by atoms with Gasteiger partial charge in [0.2, 0.25) is 0 Å². The van der Waals surface area contributed by atoms with Crippen LogP contribution in [0.2, 0.25) is 5.02 Å². The summed E-state index contributed by atoms with van der Waals surface area (Å²) in [5.41, 5.74) is 0.0856. The highest BCUT2D eigenvalue weighted by Crippen LogP contribution is 2.29. The second kappa shape index (κ2) is 7.93. The summed E-state index contributed by atoms with van der Waals surface area (Å²) in [7, 11) is 0. The summed E-state index contributed by atoms with van der Waals surface area (Å²) in [5.74, 6) is -0.0196. The van der Waals surface area contributed by atoms with E-state index in [0.717, 1.165) is 25.9 Å². The van der Waals surface area contributed by atoms with Crippen molar-refractivity contribution in [2.45, 2.75) is 45.1 Å². The Balaban J connectivity index is 1.82. The maximum atomic E-state index is 12.1. The van der Waals surface area contributed by atoms with Crippen molar-refractivity contribution < 1.29 is 14.3 Å². The summed E-state index contributed by atoms with van der Waals surface area (Å²) in [6, 6.07) is 6.70. The summed E-state index contributed by atoms with van der Waals surface area (Å²) in [6.07, 6.45) is 2.27. The van der Waals surface area contributed by atoms with Gasteiger partial charge in [-0.3, -0.25) is 9.59 Å². The van der Waals surface area contributed by atoms with Gasteiger partial charge in [-0.05, 0) is 64.0 Å². The van der Waals surface area contributed by atoms with Gasteiger partial charge in [0.25, 0.3) is 0 Å². The first-order chi connectivity index (χ1) is 10.9. The number of benzene rings is 1. The number of ketones is 1. The predicted molar refractivity (Wildman–Crippen MR) is 90.8 cm³/mol. The van der Waals surface area contributed by atoms with Crippen LogP contribution in [0.25, 0.3) is 0 Å². The molecule has 1 aliphatic heterocycles. The van der Waals surface area contributed by atoms with Crippen molar-refractivity contribution in [1.82, 2.24) is 5.32 Å². The molecule has 5 heteroatoms. The Morgan fingerprint density at radius 3 is 2.39 bits per heavy atom. The van der Waals surface area contributed by atoms with E-state index in [2.05, 4.69) is 5.32 Å². The number of hydrogen-bond donors (Lipinski definition) is 1. The lowest BCUT2D eigenvalue weighted by molar-refractivity contribution is -0.162. The third kappa shape index (κ3) is 5.33. The first-order valence-electron chi connectivity index (χ1n) is 8.10. The molecular weight excluding hydrogens is 314 g/mol. The SMILES string of the molecule is CC(C)(OC(=O)CCC(=O)c1ccc(Cl)cc1)C1CCNCC1. The number of carbonyl (C=O) groups excluding carboxylic acids is 2. The maximum Gasteiger partial charge on any atom is 0.306 e. The smallest absolute Gasteiger partial charge is 0.306 e. The van der Waals surface area contributed by atoms with E-state index in [0.29, 0.717) is 16.5 Å². The number of rotatable bonds is 6. The largest absolute Gasteiger partial charge is 0.459 e. The molecule has 23 heavy (non-hydrogen) atoms. The van der Waals surface area contributed by atoms with Crippen molar-refractivity contribution in [3.63, 3.8) is 0 Å². The van der Waals surface area contributed by atoms with E-state index in [1.165, 1.54) is 0 Å². The van der Waals surface area contributed by atoms with Gasteiger partial charge in [-0.15, -0.1) is 0 Å². The Morgan fingerprint density at radius 2 is 1.78 bits per heavy atom. The van der Waals surface area contributed by atoms with Crippen LogP contribution in [-0.4, -0.2) is 30.4 Å². The van der Waals surface area contributed by atoms with Gasteiger partial charge in [0.05, 0.1) is 6.42 Å². The molecule has 1 N–H and O–H groups in total. The molecule has 0 aromatic heterocycles. The van der Waals surface area contributed by atoms with Crippen molar-refractivity contribution in [3.8, 4) is 0 Å². The molecule has 0 bridgehead atoms. The van der Waals surface area contributed by atoms with Crippen LogP contribution in [0.1, 0.15) is 49.9 Å². The monoisotopic (exact) mass is 337 g/mol. The zero-order valence-corrected chi connectivity index (χ0v) is 14.5. The van der Waals surface area contributed by atoms with Crippen LogP contribution >= 0.6 is 11.6 Å². The van der Waals surface area contributed by atoms with E-state index in [-0.39, 0.29) is 24.6 Å². The van der Waals surface area contributed by atoms with E-state index in [1.54, 1.807) is 24.3 Å². The number of piperidine rings is 1. The fourth-order valence-electron chi connectivity index (χ4n) is 2.94. The van der Waals surface area contributed by atoms with Gasteiger partial charge < -0.3 is 10.1 Å². The molecule has 1 aromatic rings. The molecule has 0 unspecified atom stereocenters. The van der Waals surface area contributed by atoms with E-state index in [9.17, 15) is 9.59 Å². The van der Waals surface area contributed by atoms with Crippen LogP contribution in [0.15, 0.2) is 24.3 Å². The summed E-state index contributed by atoms with van der Waals surface area (Å²) in [6.45, 7) is 5.84. The number of ether oxygens (including phenoxy) is 1. The van der Waals surface area contributed by atoms with Crippen molar-refractivity contribution >= 4 is 23.4 Å². The van der Waals surface area contributed by atoms with Gasteiger partial charge in [-0.1, -0.05) is 11.6 Å². The van der Waals surface area contributed by atoms with Crippen LogP contribution in [0.5, 0.6) is 0 Å². The average Bonchev–Trinajstić information content (AvgIpc) is 2.54. The van der Waals surface area contributed by atoms with Crippen molar-refractivity contribution in [3.05, 3.63) is 34.9 Å². The standard InChI is InChI=1S/C18H24ClNO3/c1-18(2,14-9-11-20-12-10-14)23-17(22)8-7-16(21)13-3-5-15(19)6-4-13/h3-6,14,20H,7-12H2,1-2H3. The summed E-state index contributed by atoms with van der Waals surface area (Å²) in [5, 5.41) is 3.90. The van der Waals surface area contributed by atoms with Crippen LogP contribution in [0.3, 0.4) is 0 Å². The normalized spacial score (nSPS) is 16.1. The zero-order chi connectivity index (χ0) is 16.9. The molecule has 0 radical (unpaired) electrons. The van der Waals surface area contributed by atoms with E-state index in [4.69, 9.17) is 16.3 Å². The van der Waals surface area contributed by atoms with E-state index in [1.807, 2.05) is 13.8 Å². The fourth-order valence-corrected chi connectivity index (χ4v) is 3.07. The van der Waals surface area contributed by atoms with Crippen molar-refractivity contribution in [1.29, 1.82) is 0 Å². The maximum absolute atomic E-state index is 12.1. The Bertz CT molecular complexity index is 548. The molecule has 126 valence electrons.